The summed E-state index contributed by atoms with van der Waals surface area (Å²) >= 11 is 0. The molecule has 0 radical (unpaired) electrons. The maximum atomic E-state index is 11.7. The van der Waals surface area contributed by atoms with Gasteiger partial charge in [0.25, 0.3) is 0 Å². The van der Waals surface area contributed by atoms with Gasteiger partial charge in [0.15, 0.2) is 0 Å². The van der Waals surface area contributed by atoms with E-state index in [1.165, 1.54) is 0 Å². The first kappa shape index (κ1) is 21.1. The number of phenolic OH excluding ortho intramolecular Hbond substituents is 3. The summed E-state index contributed by atoms with van der Waals surface area (Å²) in [5.41, 5.74) is 0.777. The molecular weight excluding hydrogens is 432 g/mol. The fourth-order valence-electron chi connectivity index (χ4n) is 5.62. The molecule has 3 heteroatoms. The number of hydrogen-bond acceptors (Lipinski definition) is 3. The molecular formula is C32H24O3. The third-order valence-corrected chi connectivity index (χ3v) is 7.25. The molecule has 0 aliphatic heterocycles. The normalized spacial score (nSPS) is 11.9. The number of fused-ring (bicyclic) bond motifs is 3. The number of aromatic hydroxyl groups is 3. The molecule has 6 rings (SSSR count). The molecule has 6 aromatic carbocycles. The second-order valence-corrected chi connectivity index (χ2v) is 9.17. The van der Waals surface area contributed by atoms with E-state index in [2.05, 4.69) is 0 Å². The molecule has 0 aliphatic carbocycles. The second-order valence-electron chi connectivity index (χ2n) is 9.17. The zero-order valence-corrected chi connectivity index (χ0v) is 19.2. The SMILES string of the molecule is CC(c1ccc2ccccc2c1O)(c1c(O)ccc2ccccc12)c1c(O)ccc2ccccc12. The van der Waals surface area contributed by atoms with Crippen LogP contribution in [0.1, 0.15) is 23.6 Å². The predicted octanol–water partition coefficient (Wildman–Crippen LogP) is 7.62. The van der Waals surface area contributed by atoms with Crippen molar-refractivity contribution < 1.29 is 15.3 Å². The number of phenols is 3. The fourth-order valence-corrected chi connectivity index (χ4v) is 5.62. The molecule has 0 fully saturated rings. The van der Waals surface area contributed by atoms with Crippen LogP contribution < -0.4 is 0 Å². The molecule has 0 atom stereocenters. The van der Waals surface area contributed by atoms with Gasteiger partial charge in [-0.3, -0.25) is 0 Å². The van der Waals surface area contributed by atoms with Crippen LogP contribution in [-0.2, 0) is 5.41 Å². The largest absolute Gasteiger partial charge is 0.508 e. The molecule has 0 saturated heterocycles. The van der Waals surface area contributed by atoms with E-state index >= 15 is 0 Å². The van der Waals surface area contributed by atoms with Crippen LogP contribution in [0, 0.1) is 0 Å². The first-order valence-electron chi connectivity index (χ1n) is 11.6. The highest BCUT2D eigenvalue weighted by atomic mass is 16.3. The maximum Gasteiger partial charge on any atom is 0.127 e. The van der Waals surface area contributed by atoms with Gasteiger partial charge in [-0.25, -0.2) is 0 Å². The van der Waals surface area contributed by atoms with Crippen LogP contribution in [0.2, 0.25) is 0 Å². The zero-order chi connectivity index (χ0) is 24.2. The van der Waals surface area contributed by atoms with Crippen molar-refractivity contribution >= 4 is 32.3 Å². The summed E-state index contributed by atoms with van der Waals surface area (Å²) in [6.45, 7) is 1.97. The average molecular weight is 457 g/mol. The van der Waals surface area contributed by atoms with Crippen LogP contribution in [0.15, 0.2) is 109 Å². The lowest BCUT2D eigenvalue weighted by atomic mass is 9.67. The van der Waals surface area contributed by atoms with Crippen LogP contribution in [0.4, 0.5) is 0 Å². The van der Waals surface area contributed by atoms with Gasteiger partial charge < -0.3 is 15.3 Å². The Labute approximate surface area is 203 Å². The molecule has 0 unspecified atom stereocenters. The van der Waals surface area contributed by atoms with Gasteiger partial charge in [-0.05, 0) is 46.0 Å². The molecule has 35 heavy (non-hydrogen) atoms. The lowest BCUT2D eigenvalue weighted by molar-refractivity contribution is 0.434. The van der Waals surface area contributed by atoms with Gasteiger partial charge in [-0.2, -0.15) is 0 Å². The Kier molecular flexibility index (Phi) is 4.68. The maximum absolute atomic E-state index is 11.7. The molecule has 170 valence electrons. The summed E-state index contributed by atoms with van der Waals surface area (Å²) in [4.78, 5) is 0. The summed E-state index contributed by atoms with van der Waals surface area (Å²) in [5, 5.41) is 39.7. The van der Waals surface area contributed by atoms with Gasteiger partial charge in [-0.15, -0.1) is 0 Å². The molecule has 3 nitrogen and oxygen atoms in total. The highest BCUT2D eigenvalue weighted by Gasteiger charge is 2.40. The standard InChI is InChI=1S/C32H24O3/c1-32(26-17-14-22-10-4-7-13-25(22)31(26)35,29-23-11-5-2-8-20(23)15-18-27(29)33)30-24-12-6-3-9-21(24)16-19-28(30)34/h2-19,33-35H,1H3. The summed E-state index contributed by atoms with van der Waals surface area (Å²) in [7, 11) is 0. The van der Waals surface area contributed by atoms with Crippen molar-refractivity contribution in [3.05, 3.63) is 126 Å². The fraction of sp³-hybridized carbons (Fsp3) is 0.0625. The van der Waals surface area contributed by atoms with E-state index in [4.69, 9.17) is 0 Å². The van der Waals surface area contributed by atoms with Crippen LogP contribution in [-0.4, -0.2) is 15.3 Å². The van der Waals surface area contributed by atoms with Gasteiger partial charge in [0.1, 0.15) is 17.2 Å². The molecule has 0 aliphatic rings. The van der Waals surface area contributed by atoms with Crippen LogP contribution in [0.25, 0.3) is 32.3 Å². The van der Waals surface area contributed by atoms with E-state index in [9.17, 15) is 15.3 Å². The predicted molar refractivity (Wildman–Crippen MR) is 142 cm³/mol. The van der Waals surface area contributed by atoms with Gasteiger partial charge >= 0.3 is 0 Å². The molecule has 0 bridgehead atoms. The second kappa shape index (κ2) is 7.78. The Morgan fingerprint density at radius 1 is 0.457 bits per heavy atom. The smallest absolute Gasteiger partial charge is 0.127 e. The van der Waals surface area contributed by atoms with E-state index in [0.29, 0.717) is 16.7 Å². The lowest BCUT2D eigenvalue weighted by Gasteiger charge is -2.35. The van der Waals surface area contributed by atoms with Gasteiger partial charge in [-0.1, -0.05) is 97.1 Å². The highest BCUT2D eigenvalue weighted by molar-refractivity contribution is 5.97. The Balaban J connectivity index is 1.84. The molecule has 0 spiro atoms. The topological polar surface area (TPSA) is 60.7 Å². The van der Waals surface area contributed by atoms with Gasteiger partial charge in [0.05, 0.1) is 5.41 Å². The van der Waals surface area contributed by atoms with Crippen molar-refractivity contribution in [1.29, 1.82) is 0 Å². The zero-order valence-electron chi connectivity index (χ0n) is 19.2. The Morgan fingerprint density at radius 2 is 0.857 bits per heavy atom. The van der Waals surface area contributed by atoms with E-state index in [0.717, 1.165) is 32.3 Å². The molecule has 0 saturated carbocycles. The summed E-state index contributed by atoms with van der Waals surface area (Å²) in [5.74, 6) is 0.336. The van der Waals surface area contributed by atoms with E-state index < -0.39 is 5.41 Å². The molecule has 0 heterocycles. The van der Waals surface area contributed by atoms with Crippen molar-refractivity contribution in [2.75, 3.05) is 0 Å². The number of rotatable bonds is 3. The molecule has 3 N–H and O–H groups in total. The van der Waals surface area contributed by atoms with Crippen molar-refractivity contribution in [2.24, 2.45) is 0 Å². The number of hydrogen-bond donors (Lipinski definition) is 3. The molecule has 6 aromatic rings. The van der Waals surface area contributed by atoms with Crippen LogP contribution >= 0.6 is 0 Å². The third kappa shape index (κ3) is 3.05. The Bertz CT molecular complexity index is 1660. The highest BCUT2D eigenvalue weighted by Crippen LogP contribution is 2.53. The minimum Gasteiger partial charge on any atom is -0.508 e. The van der Waals surface area contributed by atoms with Crippen LogP contribution in [0.5, 0.6) is 17.2 Å². The van der Waals surface area contributed by atoms with Gasteiger partial charge in [0.2, 0.25) is 0 Å². The van der Waals surface area contributed by atoms with E-state index in [1.807, 2.05) is 104 Å². The van der Waals surface area contributed by atoms with Gasteiger partial charge in [0, 0.05) is 22.1 Å². The van der Waals surface area contributed by atoms with Crippen molar-refractivity contribution in [1.82, 2.24) is 0 Å². The lowest BCUT2D eigenvalue weighted by Crippen LogP contribution is -2.27. The quantitative estimate of drug-likeness (QED) is 0.240. The monoisotopic (exact) mass is 456 g/mol. The minimum absolute atomic E-state index is 0.103. The van der Waals surface area contributed by atoms with Crippen molar-refractivity contribution in [2.45, 2.75) is 12.3 Å². The first-order valence-corrected chi connectivity index (χ1v) is 11.6. The first-order chi connectivity index (χ1) is 17.0. The number of benzene rings is 6. The molecule has 0 aromatic heterocycles. The van der Waals surface area contributed by atoms with Crippen LogP contribution in [0.3, 0.4) is 0 Å². The average Bonchev–Trinajstić information content (AvgIpc) is 2.88. The van der Waals surface area contributed by atoms with Crippen molar-refractivity contribution in [3.63, 3.8) is 0 Å². The Hall–Kier alpha value is -4.50. The minimum atomic E-state index is -1.09. The van der Waals surface area contributed by atoms with Crippen molar-refractivity contribution in [3.8, 4) is 17.2 Å². The summed E-state index contributed by atoms with van der Waals surface area (Å²) < 4.78 is 0. The summed E-state index contributed by atoms with van der Waals surface area (Å²) in [6.07, 6.45) is 0. The van der Waals surface area contributed by atoms with E-state index in [-0.39, 0.29) is 17.2 Å². The molecule has 0 amide bonds. The third-order valence-electron chi connectivity index (χ3n) is 7.25. The van der Waals surface area contributed by atoms with E-state index in [1.54, 1.807) is 12.1 Å². The Morgan fingerprint density at radius 3 is 1.37 bits per heavy atom. The summed E-state index contributed by atoms with van der Waals surface area (Å²) in [6, 6.07) is 34.5.